The summed E-state index contributed by atoms with van der Waals surface area (Å²) in [7, 11) is 0. The molecule has 1 aliphatic rings. The maximum atomic E-state index is 12.8. The zero-order valence-electron chi connectivity index (χ0n) is 20.2. The number of amides is 2. The number of hydrogen-bond acceptors (Lipinski definition) is 6. The number of nitrogens with zero attached hydrogens (tertiary/aromatic N) is 1. The average Bonchev–Trinajstić information content (AvgIpc) is 3.42. The van der Waals surface area contributed by atoms with E-state index in [1.165, 1.54) is 4.90 Å². The van der Waals surface area contributed by atoms with Crippen LogP contribution >= 0.6 is 11.6 Å². The van der Waals surface area contributed by atoms with E-state index in [0.29, 0.717) is 40.1 Å². The van der Waals surface area contributed by atoms with Crippen LogP contribution in [0.4, 0.5) is 5.69 Å². The normalized spacial score (nSPS) is 12.4. The van der Waals surface area contributed by atoms with Crippen molar-refractivity contribution in [3.05, 3.63) is 113 Å². The van der Waals surface area contributed by atoms with Crippen LogP contribution in [-0.2, 0) is 17.9 Å². The molecule has 0 unspecified atom stereocenters. The van der Waals surface area contributed by atoms with Crippen molar-refractivity contribution in [2.75, 3.05) is 18.1 Å². The van der Waals surface area contributed by atoms with E-state index in [2.05, 4.69) is 5.32 Å². The minimum atomic E-state index is -0.359. The number of rotatable bonds is 9. The molecule has 0 saturated carbocycles. The minimum absolute atomic E-state index is 0.0695. The molecule has 0 bridgehead atoms. The van der Waals surface area contributed by atoms with Gasteiger partial charge in [0.15, 0.2) is 24.8 Å². The van der Waals surface area contributed by atoms with Gasteiger partial charge in [-0.15, -0.1) is 0 Å². The zero-order chi connectivity index (χ0) is 26.5. The molecule has 0 fully saturated rings. The smallest absolute Gasteiger partial charge is 0.287 e. The molecule has 2 amide bonds. The van der Waals surface area contributed by atoms with Gasteiger partial charge in [0, 0.05) is 17.1 Å². The summed E-state index contributed by atoms with van der Waals surface area (Å²) >= 11 is 5.88. The molecule has 0 atom stereocenters. The van der Waals surface area contributed by atoms with Gasteiger partial charge in [0.05, 0.1) is 12.2 Å². The van der Waals surface area contributed by atoms with Crippen molar-refractivity contribution < 1.29 is 28.3 Å². The largest absolute Gasteiger partial charge is 0.485 e. The third-order valence-electron chi connectivity index (χ3n) is 5.90. The summed E-state index contributed by atoms with van der Waals surface area (Å²) in [4.78, 5) is 39.5. The lowest BCUT2D eigenvalue weighted by atomic mass is 10.1. The van der Waals surface area contributed by atoms with Gasteiger partial charge in [0.1, 0.15) is 17.3 Å². The Bertz CT molecular complexity index is 1470. The fourth-order valence-corrected chi connectivity index (χ4v) is 4.04. The van der Waals surface area contributed by atoms with Crippen LogP contribution < -0.4 is 19.7 Å². The molecule has 3 aromatic carbocycles. The highest BCUT2D eigenvalue weighted by Crippen LogP contribution is 2.34. The number of benzene rings is 3. The predicted octanol–water partition coefficient (Wildman–Crippen LogP) is 5.05. The zero-order valence-corrected chi connectivity index (χ0v) is 20.9. The number of anilines is 1. The lowest BCUT2D eigenvalue weighted by Crippen LogP contribution is -2.38. The number of carbonyl (C=O) groups is 3. The van der Waals surface area contributed by atoms with Gasteiger partial charge in [-0.3, -0.25) is 19.3 Å². The summed E-state index contributed by atoms with van der Waals surface area (Å²) in [5.74, 6) is 0.609. The first-order valence-electron chi connectivity index (χ1n) is 11.9. The van der Waals surface area contributed by atoms with Gasteiger partial charge in [-0.05, 0) is 60.2 Å². The lowest BCUT2D eigenvalue weighted by Gasteiger charge is -2.29. The maximum Gasteiger partial charge on any atom is 0.287 e. The van der Waals surface area contributed by atoms with E-state index in [4.69, 9.17) is 25.5 Å². The Hall–Kier alpha value is -4.56. The van der Waals surface area contributed by atoms with Crippen LogP contribution in [0.5, 0.6) is 11.5 Å². The molecule has 1 N–H and O–H groups in total. The molecule has 192 valence electrons. The Morgan fingerprint density at radius 1 is 0.974 bits per heavy atom. The second kappa shape index (κ2) is 11.2. The number of nitrogens with one attached hydrogen (secondary N) is 1. The molecule has 8 nitrogen and oxygen atoms in total. The first-order valence-corrected chi connectivity index (χ1v) is 12.2. The summed E-state index contributed by atoms with van der Waals surface area (Å²) in [5.41, 5.74) is 1.76. The van der Waals surface area contributed by atoms with Crippen molar-refractivity contribution in [2.24, 2.45) is 0 Å². The van der Waals surface area contributed by atoms with Crippen LogP contribution in [0, 0.1) is 0 Å². The molecule has 0 saturated heterocycles. The first kappa shape index (κ1) is 25.1. The van der Waals surface area contributed by atoms with Crippen LogP contribution in [0.2, 0.25) is 5.02 Å². The molecule has 4 aromatic rings. The van der Waals surface area contributed by atoms with E-state index >= 15 is 0 Å². The molecule has 0 aliphatic carbocycles. The average molecular weight is 531 g/mol. The molecule has 2 heterocycles. The first-order chi connectivity index (χ1) is 18.5. The van der Waals surface area contributed by atoms with Gasteiger partial charge in [-0.2, -0.15) is 0 Å². The van der Waals surface area contributed by atoms with Gasteiger partial charge in [-0.1, -0.05) is 41.9 Å². The predicted molar refractivity (Wildman–Crippen MR) is 141 cm³/mol. The van der Waals surface area contributed by atoms with E-state index in [1.54, 1.807) is 54.6 Å². The number of Topliss-reactive ketones (excluding diaryl/α,β-unsaturated/α-hetero) is 1. The Kier molecular flexibility index (Phi) is 7.42. The molecule has 5 rings (SSSR count). The molecular weight excluding hydrogens is 508 g/mol. The number of halogens is 1. The topological polar surface area (TPSA) is 98.1 Å². The standard InChI is InChI=1S/C29H23ClN2O6/c30-21-7-9-22(10-8-21)36-17-25(33)20-6-12-26-24(14-20)32(28(34)18-37-26)16-23-11-13-27(38-23)29(35)31-15-19-4-2-1-3-5-19/h1-14H,15-18H2,(H,31,35). The molecule has 1 aliphatic heterocycles. The highest BCUT2D eigenvalue weighted by molar-refractivity contribution is 6.30. The van der Waals surface area contributed by atoms with Crippen LogP contribution in [-0.4, -0.2) is 30.8 Å². The quantitative estimate of drug-likeness (QED) is 0.304. The monoisotopic (exact) mass is 530 g/mol. The molecular formula is C29H23ClN2O6. The summed E-state index contributed by atoms with van der Waals surface area (Å²) in [6.07, 6.45) is 0. The van der Waals surface area contributed by atoms with Crippen LogP contribution in [0.25, 0.3) is 0 Å². The van der Waals surface area contributed by atoms with Crippen molar-refractivity contribution in [2.45, 2.75) is 13.1 Å². The van der Waals surface area contributed by atoms with E-state index in [0.717, 1.165) is 5.56 Å². The SMILES string of the molecule is O=C(COc1ccc(Cl)cc1)c1ccc2c(c1)N(Cc1ccc(C(=O)NCc3ccccc3)o1)C(=O)CO2. The second-order valence-corrected chi connectivity index (χ2v) is 8.99. The fourth-order valence-electron chi connectivity index (χ4n) is 3.92. The highest BCUT2D eigenvalue weighted by atomic mass is 35.5. The Labute approximate surface area is 223 Å². The lowest BCUT2D eigenvalue weighted by molar-refractivity contribution is -0.121. The van der Waals surface area contributed by atoms with Crippen molar-refractivity contribution in [1.82, 2.24) is 5.32 Å². The molecule has 0 radical (unpaired) electrons. The number of fused-ring (bicyclic) bond motifs is 1. The van der Waals surface area contributed by atoms with E-state index in [-0.39, 0.29) is 43.1 Å². The molecule has 1 aromatic heterocycles. The highest BCUT2D eigenvalue weighted by Gasteiger charge is 2.28. The van der Waals surface area contributed by atoms with Crippen molar-refractivity contribution in [3.63, 3.8) is 0 Å². The minimum Gasteiger partial charge on any atom is -0.485 e. The third kappa shape index (κ3) is 5.87. The number of hydrogen-bond donors (Lipinski definition) is 1. The summed E-state index contributed by atoms with van der Waals surface area (Å²) in [6.45, 7) is 0.101. The van der Waals surface area contributed by atoms with Crippen LogP contribution in [0.1, 0.15) is 32.2 Å². The van der Waals surface area contributed by atoms with Gasteiger partial charge in [-0.25, -0.2) is 0 Å². The summed E-state index contributed by atoms with van der Waals surface area (Å²) in [5, 5.41) is 3.38. The van der Waals surface area contributed by atoms with Crippen LogP contribution in [0.3, 0.4) is 0 Å². The number of carbonyl (C=O) groups excluding carboxylic acids is 3. The van der Waals surface area contributed by atoms with E-state index in [9.17, 15) is 14.4 Å². The van der Waals surface area contributed by atoms with Gasteiger partial charge < -0.3 is 19.2 Å². The van der Waals surface area contributed by atoms with Crippen molar-refractivity contribution >= 4 is 34.9 Å². The van der Waals surface area contributed by atoms with Gasteiger partial charge in [0.2, 0.25) is 0 Å². The number of furan rings is 1. The van der Waals surface area contributed by atoms with E-state index < -0.39 is 0 Å². The fraction of sp³-hybridized carbons (Fsp3) is 0.138. The number of ketones is 1. The molecule has 9 heteroatoms. The summed E-state index contributed by atoms with van der Waals surface area (Å²) < 4.78 is 16.9. The Morgan fingerprint density at radius 3 is 2.55 bits per heavy atom. The second-order valence-electron chi connectivity index (χ2n) is 8.55. The summed E-state index contributed by atoms with van der Waals surface area (Å²) in [6, 6.07) is 24.3. The molecule has 0 spiro atoms. The van der Waals surface area contributed by atoms with E-state index in [1.807, 2.05) is 30.3 Å². The third-order valence-corrected chi connectivity index (χ3v) is 6.15. The number of ether oxygens (including phenoxy) is 2. The molecule has 38 heavy (non-hydrogen) atoms. The van der Waals surface area contributed by atoms with Crippen molar-refractivity contribution in [1.29, 1.82) is 0 Å². The van der Waals surface area contributed by atoms with Gasteiger partial charge in [0.25, 0.3) is 11.8 Å². The Morgan fingerprint density at radius 2 is 1.76 bits per heavy atom. The Balaban J connectivity index is 1.26. The van der Waals surface area contributed by atoms with Crippen molar-refractivity contribution in [3.8, 4) is 11.5 Å². The van der Waals surface area contributed by atoms with Crippen LogP contribution in [0.15, 0.2) is 89.3 Å². The maximum absolute atomic E-state index is 12.8. The van der Waals surface area contributed by atoms with Gasteiger partial charge >= 0.3 is 0 Å².